The lowest BCUT2D eigenvalue weighted by atomic mass is 9.88. The van der Waals surface area contributed by atoms with Crippen molar-refractivity contribution in [1.29, 1.82) is 0 Å². The van der Waals surface area contributed by atoms with Gasteiger partial charge in [0.05, 0.1) is 5.41 Å². The molecule has 2 N–H and O–H groups in total. The van der Waals surface area contributed by atoms with Gasteiger partial charge in [-0.2, -0.15) is 0 Å². The Bertz CT molecular complexity index is 612. The summed E-state index contributed by atoms with van der Waals surface area (Å²) in [4.78, 5) is 18.7. The van der Waals surface area contributed by atoms with Gasteiger partial charge in [0.1, 0.15) is 5.65 Å². The van der Waals surface area contributed by atoms with E-state index in [-0.39, 0.29) is 0 Å². The number of H-pyrrole nitrogens is 1. The number of aliphatic carboxylic acids is 1. The predicted octanol–water partition coefficient (Wildman–Crippen LogP) is 3.34. The number of hydrogen-bond donors (Lipinski definition) is 2. The lowest BCUT2D eigenvalue weighted by Crippen LogP contribution is -2.26. The number of aromatic nitrogens is 2. The van der Waals surface area contributed by atoms with Crippen molar-refractivity contribution in [3.63, 3.8) is 0 Å². The van der Waals surface area contributed by atoms with E-state index in [4.69, 9.17) is 5.11 Å². The number of fused-ring (bicyclic) bond motifs is 1. The van der Waals surface area contributed by atoms with Crippen LogP contribution in [0.15, 0.2) is 18.3 Å². The van der Waals surface area contributed by atoms with E-state index in [1.54, 1.807) is 13.8 Å². The number of rotatable bonds is 4. The highest BCUT2D eigenvalue weighted by molar-refractivity contribution is 5.78. The normalized spacial score (nSPS) is 12.3. The molecule has 2 aromatic heterocycles. The fourth-order valence-corrected chi connectivity index (χ4v) is 2.05. The van der Waals surface area contributed by atoms with Crippen molar-refractivity contribution in [2.24, 2.45) is 5.41 Å². The van der Waals surface area contributed by atoms with Crippen molar-refractivity contribution < 1.29 is 9.90 Å². The molecule has 0 atom stereocenters. The average Bonchev–Trinajstić information content (AvgIpc) is 2.68. The van der Waals surface area contributed by atoms with Crippen molar-refractivity contribution in [2.75, 3.05) is 0 Å². The second kappa shape index (κ2) is 4.68. The molecule has 0 unspecified atom stereocenters. The summed E-state index contributed by atoms with van der Waals surface area (Å²) in [6.45, 7) is 7.72. The molecule has 0 aliphatic heterocycles. The molecule has 0 aliphatic carbocycles. The lowest BCUT2D eigenvalue weighted by molar-refractivity contribution is -0.146. The van der Waals surface area contributed by atoms with Crippen LogP contribution in [0.1, 0.15) is 44.9 Å². The highest BCUT2D eigenvalue weighted by Crippen LogP contribution is 2.25. The van der Waals surface area contributed by atoms with Crippen LogP contribution in [0.2, 0.25) is 0 Å². The van der Waals surface area contributed by atoms with Gasteiger partial charge < -0.3 is 10.1 Å². The van der Waals surface area contributed by atoms with Gasteiger partial charge in [0.15, 0.2) is 0 Å². The van der Waals surface area contributed by atoms with Crippen LogP contribution in [-0.4, -0.2) is 21.0 Å². The number of carboxylic acids is 1. The van der Waals surface area contributed by atoms with E-state index in [1.165, 1.54) is 5.56 Å². The SMILES string of the molecule is CC(C)c1cnc2[nH]c(CC(C)(C)C(=O)O)cc2c1. The number of nitrogens with zero attached hydrogens (tertiary/aromatic N) is 1. The van der Waals surface area contributed by atoms with Crippen LogP contribution in [0.3, 0.4) is 0 Å². The first-order valence-electron chi connectivity index (χ1n) is 6.50. The zero-order valence-corrected chi connectivity index (χ0v) is 11.8. The highest BCUT2D eigenvalue weighted by Gasteiger charge is 2.28. The highest BCUT2D eigenvalue weighted by atomic mass is 16.4. The minimum atomic E-state index is -0.790. The summed E-state index contributed by atoms with van der Waals surface area (Å²) in [5.41, 5.74) is 2.15. The van der Waals surface area contributed by atoms with E-state index in [2.05, 4.69) is 29.9 Å². The molecule has 2 heterocycles. The Morgan fingerprint density at radius 2 is 2.11 bits per heavy atom. The summed E-state index contributed by atoms with van der Waals surface area (Å²) in [6, 6.07) is 4.11. The van der Waals surface area contributed by atoms with Gasteiger partial charge in [0.25, 0.3) is 0 Å². The molecule has 0 fully saturated rings. The van der Waals surface area contributed by atoms with Crippen molar-refractivity contribution in [2.45, 2.75) is 40.0 Å². The van der Waals surface area contributed by atoms with Crippen molar-refractivity contribution in [1.82, 2.24) is 9.97 Å². The van der Waals surface area contributed by atoms with Gasteiger partial charge in [-0.05, 0) is 37.5 Å². The maximum absolute atomic E-state index is 11.2. The molecule has 0 spiro atoms. The van der Waals surface area contributed by atoms with Crippen molar-refractivity contribution >= 4 is 17.0 Å². The number of carboxylic acid groups (broad SMARTS) is 1. The molecule has 102 valence electrons. The Morgan fingerprint density at radius 3 is 2.68 bits per heavy atom. The summed E-state index contributed by atoms with van der Waals surface area (Å²) in [7, 11) is 0. The van der Waals surface area contributed by atoms with Crippen LogP contribution in [0.5, 0.6) is 0 Å². The first-order valence-corrected chi connectivity index (χ1v) is 6.50. The number of pyridine rings is 1. The van der Waals surface area contributed by atoms with Crippen LogP contribution in [0, 0.1) is 5.41 Å². The fraction of sp³-hybridized carbons (Fsp3) is 0.467. The molecule has 0 saturated heterocycles. The molecule has 0 aromatic carbocycles. The molecule has 4 heteroatoms. The Labute approximate surface area is 112 Å². The third-order valence-corrected chi connectivity index (χ3v) is 3.43. The van der Waals surface area contributed by atoms with Crippen LogP contribution in [0.4, 0.5) is 0 Å². The summed E-state index contributed by atoms with van der Waals surface area (Å²) < 4.78 is 0. The summed E-state index contributed by atoms with van der Waals surface area (Å²) in [5, 5.41) is 10.2. The van der Waals surface area contributed by atoms with E-state index >= 15 is 0 Å². The predicted molar refractivity (Wildman–Crippen MR) is 75.3 cm³/mol. The maximum Gasteiger partial charge on any atom is 0.309 e. The fourth-order valence-electron chi connectivity index (χ4n) is 2.05. The summed E-state index contributed by atoms with van der Waals surface area (Å²) in [6.07, 6.45) is 2.34. The van der Waals surface area contributed by atoms with E-state index in [9.17, 15) is 4.79 Å². The Hall–Kier alpha value is -1.84. The zero-order chi connectivity index (χ0) is 14.2. The van der Waals surface area contributed by atoms with E-state index in [0.717, 1.165) is 16.7 Å². The zero-order valence-electron chi connectivity index (χ0n) is 11.8. The second-order valence-electron chi connectivity index (χ2n) is 6.02. The monoisotopic (exact) mass is 260 g/mol. The smallest absolute Gasteiger partial charge is 0.309 e. The quantitative estimate of drug-likeness (QED) is 0.886. The third kappa shape index (κ3) is 2.78. The molecular weight excluding hydrogens is 240 g/mol. The van der Waals surface area contributed by atoms with E-state index in [1.807, 2.05) is 12.3 Å². The molecule has 19 heavy (non-hydrogen) atoms. The van der Waals surface area contributed by atoms with E-state index < -0.39 is 11.4 Å². The van der Waals surface area contributed by atoms with Gasteiger partial charge >= 0.3 is 5.97 Å². The number of carbonyl (C=O) groups is 1. The molecule has 0 bridgehead atoms. The minimum absolute atomic E-state index is 0.436. The summed E-state index contributed by atoms with van der Waals surface area (Å²) in [5.74, 6) is -0.354. The lowest BCUT2D eigenvalue weighted by Gasteiger charge is -2.17. The van der Waals surface area contributed by atoms with Gasteiger partial charge in [-0.1, -0.05) is 13.8 Å². The Kier molecular flexibility index (Phi) is 3.35. The van der Waals surface area contributed by atoms with Crippen LogP contribution in [-0.2, 0) is 11.2 Å². The second-order valence-corrected chi connectivity index (χ2v) is 6.02. The van der Waals surface area contributed by atoms with E-state index in [0.29, 0.717) is 12.3 Å². The van der Waals surface area contributed by atoms with Gasteiger partial charge in [0, 0.05) is 23.7 Å². The largest absolute Gasteiger partial charge is 0.481 e. The molecule has 0 radical (unpaired) electrons. The van der Waals surface area contributed by atoms with Gasteiger partial charge in [-0.3, -0.25) is 4.79 Å². The molecule has 2 aromatic rings. The van der Waals surface area contributed by atoms with Crippen LogP contribution < -0.4 is 0 Å². The molecular formula is C15H20N2O2. The molecule has 0 amide bonds. The standard InChI is InChI=1S/C15H20N2O2/c1-9(2)11-5-10-6-12(17-13(10)16-8-11)7-15(3,4)14(18)19/h5-6,8-9H,7H2,1-4H3,(H,16,17)(H,18,19). The molecule has 4 nitrogen and oxygen atoms in total. The van der Waals surface area contributed by atoms with Crippen LogP contribution >= 0.6 is 0 Å². The van der Waals surface area contributed by atoms with Crippen molar-refractivity contribution in [3.05, 3.63) is 29.6 Å². The van der Waals surface area contributed by atoms with Crippen LogP contribution in [0.25, 0.3) is 11.0 Å². The first kappa shape index (κ1) is 13.6. The number of hydrogen-bond acceptors (Lipinski definition) is 2. The Morgan fingerprint density at radius 1 is 1.42 bits per heavy atom. The topological polar surface area (TPSA) is 66.0 Å². The van der Waals surface area contributed by atoms with Gasteiger partial charge in [-0.15, -0.1) is 0 Å². The molecule has 0 saturated carbocycles. The van der Waals surface area contributed by atoms with Gasteiger partial charge in [0.2, 0.25) is 0 Å². The van der Waals surface area contributed by atoms with Crippen molar-refractivity contribution in [3.8, 4) is 0 Å². The average molecular weight is 260 g/mol. The minimum Gasteiger partial charge on any atom is -0.481 e. The number of aromatic amines is 1. The van der Waals surface area contributed by atoms with Gasteiger partial charge in [-0.25, -0.2) is 4.98 Å². The third-order valence-electron chi connectivity index (χ3n) is 3.43. The molecule has 0 aliphatic rings. The Balaban J connectivity index is 2.34. The molecule has 2 rings (SSSR count). The number of nitrogens with one attached hydrogen (secondary N) is 1. The first-order chi connectivity index (χ1) is 8.79. The summed E-state index contributed by atoms with van der Waals surface area (Å²) >= 11 is 0. The maximum atomic E-state index is 11.2.